The molecule has 0 spiro atoms. The van der Waals surface area contributed by atoms with Crippen LogP contribution in [0.25, 0.3) is 0 Å². The Balaban J connectivity index is 1.29. The van der Waals surface area contributed by atoms with E-state index in [9.17, 15) is 35.7 Å². The molecule has 1 N–H and O–H groups in total. The predicted molar refractivity (Wildman–Crippen MR) is 212 cm³/mol. The molecule has 3 atom stereocenters. The zero-order valence-corrected chi connectivity index (χ0v) is 33.2. The molecule has 0 saturated heterocycles. The molecule has 0 saturated carbocycles. The van der Waals surface area contributed by atoms with Crippen molar-refractivity contribution in [2.24, 2.45) is 0 Å². The second kappa shape index (κ2) is 21.0. The van der Waals surface area contributed by atoms with Gasteiger partial charge in [-0.1, -0.05) is 116 Å². The first-order valence-corrected chi connectivity index (χ1v) is 20.3. The fourth-order valence-corrected chi connectivity index (χ4v) is 7.73. The van der Waals surface area contributed by atoms with Gasteiger partial charge in [-0.25, -0.2) is 4.79 Å². The quantitative estimate of drug-likeness (QED) is 0.0477. The Morgan fingerprint density at radius 2 is 1.34 bits per heavy atom. The normalized spacial score (nSPS) is 13.5. The summed E-state index contributed by atoms with van der Waals surface area (Å²) >= 11 is 0. The molecule has 0 fully saturated rings. The van der Waals surface area contributed by atoms with Crippen LogP contribution in [0.3, 0.4) is 0 Å². The van der Waals surface area contributed by atoms with E-state index >= 15 is 0 Å². The number of carbonyl (C=O) groups excluding carboxylic acids is 1. The molecule has 14 heteroatoms. The van der Waals surface area contributed by atoms with Gasteiger partial charge in [-0.05, 0) is 83.2 Å². The van der Waals surface area contributed by atoms with Crippen molar-refractivity contribution < 1.29 is 54.4 Å². The highest BCUT2D eigenvalue weighted by atomic mass is 31.1. The molecule has 0 radical (unpaired) electrons. The summed E-state index contributed by atoms with van der Waals surface area (Å²) in [4.78, 5) is 13.3. The average molecular weight is 841 g/mol. The number of alkyl carbamates (subject to hydrolysis) is 1. The molecule has 0 heterocycles. The Morgan fingerprint density at radius 3 is 1.95 bits per heavy atom. The van der Waals surface area contributed by atoms with E-state index in [0.29, 0.717) is 30.4 Å². The van der Waals surface area contributed by atoms with Crippen LogP contribution in [0.4, 0.5) is 31.1 Å². The van der Waals surface area contributed by atoms with E-state index in [1.54, 1.807) is 19.1 Å². The van der Waals surface area contributed by atoms with E-state index in [1.165, 1.54) is 36.4 Å². The maximum atomic E-state index is 14.4. The number of alkyl halides is 6. The second-order valence-corrected chi connectivity index (χ2v) is 15.4. The maximum absolute atomic E-state index is 14.4. The van der Waals surface area contributed by atoms with Crippen molar-refractivity contribution in [3.63, 3.8) is 0 Å². The predicted octanol–water partition coefficient (Wildman–Crippen LogP) is 12.4. The zero-order valence-electron chi connectivity index (χ0n) is 32.3. The number of benzene rings is 5. The fourth-order valence-electron chi connectivity index (χ4n) is 6.40. The number of rotatable bonds is 20. The summed E-state index contributed by atoms with van der Waals surface area (Å²) in [6.45, 7) is 1.49. The summed E-state index contributed by atoms with van der Waals surface area (Å²) in [6, 6.07) is 36.9. The van der Waals surface area contributed by atoms with Crippen molar-refractivity contribution in [2.45, 2.75) is 75.8 Å². The lowest BCUT2D eigenvalue weighted by Crippen LogP contribution is -2.51. The number of amides is 1. The highest BCUT2D eigenvalue weighted by molar-refractivity contribution is 7.39. The topological polar surface area (TPSA) is 83.1 Å². The standard InChI is InChI=1S/C45H44F6NO6P/c1-2-43(52-42(53)56-31-36-15-8-4-9-16-36,32-57-59(54)41(37-18-10-5-11-19-37)30-34-13-6-3-7-14-34)27-26-35-22-25-40(39(29-35)44(46,47)48)55-28-12-17-33-20-23-38(24-21-33)58-45(49,50)51/h3-11,13-16,18-25,29,41H,2,12,17,26-28,30-32H2,1H3/p+1. The van der Waals surface area contributed by atoms with Crippen molar-refractivity contribution >= 4 is 14.1 Å². The molecule has 312 valence electrons. The van der Waals surface area contributed by atoms with E-state index < -0.39 is 43.4 Å². The molecule has 0 aliphatic carbocycles. The third kappa shape index (κ3) is 14.4. The molecule has 0 bridgehead atoms. The van der Waals surface area contributed by atoms with Crippen LogP contribution in [-0.2, 0) is 45.9 Å². The molecular formula is C45H45F6NO6P+. The smallest absolute Gasteiger partial charge is 0.493 e. The first-order chi connectivity index (χ1) is 28.2. The second-order valence-electron chi connectivity index (χ2n) is 14.0. The molecule has 5 aromatic carbocycles. The molecular weight excluding hydrogens is 795 g/mol. The van der Waals surface area contributed by atoms with Crippen LogP contribution < -0.4 is 14.8 Å². The van der Waals surface area contributed by atoms with Crippen molar-refractivity contribution in [3.8, 4) is 11.5 Å². The van der Waals surface area contributed by atoms with Crippen molar-refractivity contribution in [1.82, 2.24) is 5.32 Å². The fraction of sp³-hybridized carbons (Fsp3) is 0.311. The van der Waals surface area contributed by atoms with Crippen LogP contribution in [0.15, 0.2) is 133 Å². The number of ether oxygens (including phenoxy) is 3. The zero-order chi connectivity index (χ0) is 42.3. The van der Waals surface area contributed by atoms with Crippen LogP contribution in [0.5, 0.6) is 11.5 Å². The number of nitrogens with one attached hydrogen (secondary N) is 1. The minimum atomic E-state index is -4.82. The van der Waals surface area contributed by atoms with Crippen LogP contribution in [0, 0.1) is 0 Å². The summed E-state index contributed by atoms with van der Waals surface area (Å²) in [5.41, 5.74) is 0.818. The summed E-state index contributed by atoms with van der Waals surface area (Å²) in [6.07, 6.45) is -8.80. The van der Waals surface area contributed by atoms with E-state index in [4.69, 9.17) is 14.0 Å². The molecule has 7 nitrogen and oxygen atoms in total. The number of carbonyl (C=O) groups is 1. The van der Waals surface area contributed by atoms with Gasteiger partial charge in [0.15, 0.2) is 0 Å². The number of halogens is 6. The van der Waals surface area contributed by atoms with E-state index in [0.717, 1.165) is 22.8 Å². The summed E-state index contributed by atoms with van der Waals surface area (Å²) in [5.74, 6) is -0.744. The van der Waals surface area contributed by atoms with Crippen molar-refractivity contribution in [3.05, 3.63) is 167 Å². The lowest BCUT2D eigenvalue weighted by molar-refractivity contribution is -0.274. The van der Waals surface area contributed by atoms with Gasteiger partial charge in [0.1, 0.15) is 24.7 Å². The van der Waals surface area contributed by atoms with Gasteiger partial charge in [0.2, 0.25) is 5.66 Å². The van der Waals surface area contributed by atoms with Crippen LogP contribution >= 0.6 is 8.03 Å². The first kappa shape index (κ1) is 44.7. The molecule has 59 heavy (non-hydrogen) atoms. The van der Waals surface area contributed by atoms with Gasteiger partial charge in [0.05, 0.1) is 17.7 Å². The minimum Gasteiger partial charge on any atom is -0.493 e. The van der Waals surface area contributed by atoms with Gasteiger partial charge in [-0.3, -0.25) is 0 Å². The Hall–Kier alpha value is -5.39. The largest absolute Gasteiger partial charge is 0.573 e. The summed E-state index contributed by atoms with van der Waals surface area (Å²) in [7, 11) is -2.36. The molecule has 5 rings (SSSR count). The Morgan fingerprint density at radius 1 is 0.729 bits per heavy atom. The molecule has 3 unspecified atom stereocenters. The van der Waals surface area contributed by atoms with Gasteiger partial charge < -0.3 is 19.5 Å². The summed E-state index contributed by atoms with van der Waals surface area (Å²) < 4.78 is 116. The Labute approximate surface area is 340 Å². The highest BCUT2D eigenvalue weighted by Gasteiger charge is 2.41. The maximum Gasteiger partial charge on any atom is 0.573 e. The van der Waals surface area contributed by atoms with Gasteiger partial charge >= 0.3 is 26.7 Å². The minimum absolute atomic E-state index is 0.0195. The van der Waals surface area contributed by atoms with E-state index in [2.05, 4.69) is 10.1 Å². The molecule has 5 aromatic rings. The van der Waals surface area contributed by atoms with Gasteiger partial charge in [0, 0.05) is 12.0 Å². The van der Waals surface area contributed by atoms with Gasteiger partial charge in [-0.2, -0.15) is 13.2 Å². The lowest BCUT2D eigenvalue weighted by atomic mass is 9.89. The first-order valence-electron chi connectivity index (χ1n) is 19.1. The third-order valence-corrected chi connectivity index (χ3v) is 11.1. The van der Waals surface area contributed by atoms with Crippen molar-refractivity contribution in [2.75, 3.05) is 13.2 Å². The third-order valence-electron chi connectivity index (χ3n) is 9.70. The van der Waals surface area contributed by atoms with Crippen LogP contribution in [0.2, 0.25) is 0 Å². The van der Waals surface area contributed by atoms with E-state index in [1.807, 2.05) is 78.9 Å². The van der Waals surface area contributed by atoms with Crippen molar-refractivity contribution in [1.29, 1.82) is 0 Å². The highest BCUT2D eigenvalue weighted by Crippen LogP contribution is 2.45. The van der Waals surface area contributed by atoms with Crippen LogP contribution in [-0.4, -0.2) is 31.2 Å². The monoisotopic (exact) mass is 840 g/mol. The number of hydrogen-bond donors (Lipinski definition) is 1. The number of hydrogen-bond acceptors (Lipinski definition) is 6. The molecule has 0 aliphatic rings. The number of aryl methyl sites for hydroxylation is 2. The SMILES string of the molecule is CCC(CCc1ccc(OCCCc2ccc(OC(F)(F)F)cc2)c(C(F)(F)F)c1)(CO[P+](=O)C(Cc1ccccc1)c1ccccc1)NC(=O)OCc1ccccc1. The average Bonchev–Trinajstić information content (AvgIpc) is 3.22. The van der Waals surface area contributed by atoms with Gasteiger partial charge in [-0.15, -0.1) is 17.7 Å². The van der Waals surface area contributed by atoms with E-state index in [-0.39, 0.29) is 50.6 Å². The Kier molecular flexibility index (Phi) is 15.9. The van der Waals surface area contributed by atoms with Crippen LogP contribution in [0.1, 0.15) is 65.2 Å². The van der Waals surface area contributed by atoms with Gasteiger partial charge in [0.25, 0.3) is 0 Å². The lowest BCUT2D eigenvalue weighted by Gasteiger charge is -2.32. The molecule has 0 aliphatic heterocycles. The summed E-state index contributed by atoms with van der Waals surface area (Å²) in [5, 5.41) is 2.90. The molecule has 0 aromatic heterocycles. The molecule has 1 amide bonds. The Bertz CT molecular complexity index is 2070.